The van der Waals surface area contributed by atoms with Crippen molar-refractivity contribution in [2.75, 3.05) is 24.9 Å². The number of carbonyl (C=O) groups excluding carboxylic acids is 1. The molecule has 1 aliphatic carbocycles. The average molecular weight is 473 g/mol. The zero-order valence-electron chi connectivity index (χ0n) is 20.6. The number of benzene rings is 2. The number of hydrogen-bond donors (Lipinski definition) is 2. The molecule has 1 atom stereocenters. The number of fused-ring (bicyclic) bond motifs is 2. The lowest BCUT2D eigenvalue weighted by Gasteiger charge is -2.22. The Morgan fingerprint density at radius 2 is 1.83 bits per heavy atom. The Bertz CT molecular complexity index is 1260. The second kappa shape index (κ2) is 9.90. The Hall–Kier alpha value is -3.67. The van der Waals surface area contributed by atoms with Crippen LogP contribution in [0.5, 0.6) is 11.5 Å². The van der Waals surface area contributed by atoms with Gasteiger partial charge in [-0.2, -0.15) is 0 Å². The van der Waals surface area contributed by atoms with Gasteiger partial charge in [-0.3, -0.25) is 4.79 Å². The summed E-state index contributed by atoms with van der Waals surface area (Å²) in [5.41, 5.74) is 5.63. The second-order valence-corrected chi connectivity index (χ2v) is 9.11. The van der Waals surface area contributed by atoms with Crippen molar-refractivity contribution in [2.24, 2.45) is 0 Å². The van der Waals surface area contributed by atoms with E-state index in [1.807, 2.05) is 30.3 Å². The molecule has 2 N–H and O–H groups in total. The maximum Gasteiger partial charge on any atom is 0.256 e. The van der Waals surface area contributed by atoms with Gasteiger partial charge in [0.05, 0.1) is 31.5 Å². The highest BCUT2D eigenvalue weighted by Gasteiger charge is 2.31. The Kier molecular flexibility index (Phi) is 6.53. The second-order valence-electron chi connectivity index (χ2n) is 9.11. The Morgan fingerprint density at radius 3 is 2.57 bits per heavy atom. The van der Waals surface area contributed by atoms with Crippen molar-refractivity contribution in [3.05, 3.63) is 70.7 Å². The van der Waals surface area contributed by atoms with Crippen LogP contribution in [0.25, 0.3) is 11.6 Å². The molecular formula is C29H32N2O4. The average Bonchev–Trinajstić information content (AvgIpc) is 3.40. The van der Waals surface area contributed by atoms with E-state index in [9.17, 15) is 4.79 Å². The number of furan rings is 1. The summed E-state index contributed by atoms with van der Waals surface area (Å²) in [6, 6.07) is 14.0. The molecule has 0 saturated heterocycles. The highest BCUT2D eigenvalue weighted by molar-refractivity contribution is 6.35. The summed E-state index contributed by atoms with van der Waals surface area (Å²) in [5, 5.41) is 6.70. The molecule has 5 rings (SSSR count). The SMILES string of the molecule is CCCC(Nc1ccccc1)c1c(C=C2C(=O)Nc3cc(OC)c(OC)cc32)oc2c1CCCC2. The van der Waals surface area contributed by atoms with Crippen molar-refractivity contribution in [1.29, 1.82) is 0 Å². The molecule has 1 amide bonds. The van der Waals surface area contributed by atoms with Crippen LogP contribution in [-0.4, -0.2) is 20.1 Å². The molecule has 182 valence electrons. The van der Waals surface area contributed by atoms with E-state index in [2.05, 4.69) is 29.7 Å². The van der Waals surface area contributed by atoms with E-state index in [4.69, 9.17) is 13.9 Å². The summed E-state index contributed by atoms with van der Waals surface area (Å²) in [6.07, 6.45) is 8.12. The molecule has 6 nitrogen and oxygen atoms in total. The lowest BCUT2D eigenvalue weighted by Crippen LogP contribution is -2.14. The van der Waals surface area contributed by atoms with Gasteiger partial charge in [0, 0.05) is 29.3 Å². The van der Waals surface area contributed by atoms with Crippen LogP contribution in [0.15, 0.2) is 46.9 Å². The van der Waals surface area contributed by atoms with Crippen LogP contribution in [0.2, 0.25) is 0 Å². The predicted molar refractivity (Wildman–Crippen MR) is 139 cm³/mol. The van der Waals surface area contributed by atoms with E-state index in [0.717, 1.165) is 61.3 Å². The molecule has 0 saturated carbocycles. The molecule has 1 unspecified atom stereocenters. The molecule has 0 radical (unpaired) electrons. The molecule has 2 aliphatic rings. The molecular weight excluding hydrogens is 440 g/mol. The minimum absolute atomic E-state index is 0.0918. The van der Waals surface area contributed by atoms with Gasteiger partial charge in [0.2, 0.25) is 0 Å². The van der Waals surface area contributed by atoms with Crippen molar-refractivity contribution in [2.45, 2.75) is 51.5 Å². The molecule has 0 fully saturated rings. The smallest absolute Gasteiger partial charge is 0.256 e. The summed E-state index contributed by atoms with van der Waals surface area (Å²) >= 11 is 0. The molecule has 35 heavy (non-hydrogen) atoms. The van der Waals surface area contributed by atoms with Crippen molar-refractivity contribution < 1.29 is 18.7 Å². The quantitative estimate of drug-likeness (QED) is 0.360. The van der Waals surface area contributed by atoms with E-state index in [1.54, 1.807) is 20.3 Å². The Balaban J connectivity index is 1.62. The van der Waals surface area contributed by atoms with Crippen molar-refractivity contribution in [3.8, 4) is 11.5 Å². The fourth-order valence-electron chi connectivity index (χ4n) is 5.21. The maximum atomic E-state index is 13.1. The van der Waals surface area contributed by atoms with Gasteiger partial charge in [-0.15, -0.1) is 0 Å². The largest absolute Gasteiger partial charge is 0.493 e. The van der Waals surface area contributed by atoms with E-state index >= 15 is 0 Å². The number of nitrogens with one attached hydrogen (secondary N) is 2. The first kappa shape index (κ1) is 23.1. The van der Waals surface area contributed by atoms with Crippen LogP contribution < -0.4 is 20.1 Å². The summed E-state index contributed by atoms with van der Waals surface area (Å²) in [4.78, 5) is 13.1. The number of methoxy groups -OCH3 is 2. The van der Waals surface area contributed by atoms with Gasteiger partial charge in [0.25, 0.3) is 5.91 Å². The van der Waals surface area contributed by atoms with Gasteiger partial charge in [0.1, 0.15) is 11.5 Å². The first-order valence-electron chi connectivity index (χ1n) is 12.4. The fraction of sp³-hybridized carbons (Fsp3) is 0.345. The number of amides is 1. The molecule has 3 aromatic rings. The number of rotatable bonds is 8. The number of hydrogen-bond acceptors (Lipinski definition) is 5. The van der Waals surface area contributed by atoms with Gasteiger partial charge in [-0.05, 0) is 55.5 Å². The van der Waals surface area contributed by atoms with Gasteiger partial charge in [-0.1, -0.05) is 31.5 Å². The molecule has 6 heteroatoms. The zero-order valence-corrected chi connectivity index (χ0v) is 20.6. The third kappa shape index (κ3) is 4.41. The van der Waals surface area contributed by atoms with Gasteiger partial charge in [0.15, 0.2) is 11.5 Å². The summed E-state index contributed by atoms with van der Waals surface area (Å²) in [6.45, 7) is 2.20. The van der Waals surface area contributed by atoms with Gasteiger partial charge in [-0.25, -0.2) is 0 Å². The standard InChI is InChI=1S/C29H32N2O4/c1-4-10-22(30-18-11-6-5-7-12-18)28-19-13-8-9-14-24(19)35-27(28)16-21-20-15-25(33-2)26(34-3)17-23(20)31-29(21)32/h5-7,11-12,15-17,22,30H,4,8-10,13-14H2,1-3H3,(H,31,32). The van der Waals surface area contributed by atoms with Crippen LogP contribution in [0.1, 0.15) is 66.9 Å². The summed E-state index contributed by atoms with van der Waals surface area (Å²) < 4.78 is 17.4. The monoisotopic (exact) mass is 472 g/mol. The topological polar surface area (TPSA) is 72.7 Å². The number of ether oxygens (including phenoxy) is 2. The van der Waals surface area contributed by atoms with Crippen LogP contribution >= 0.6 is 0 Å². The van der Waals surface area contributed by atoms with Gasteiger partial charge < -0.3 is 24.5 Å². The van der Waals surface area contributed by atoms with E-state index in [0.29, 0.717) is 22.8 Å². The lowest BCUT2D eigenvalue weighted by atomic mass is 9.89. The van der Waals surface area contributed by atoms with E-state index in [1.165, 1.54) is 11.1 Å². The minimum atomic E-state index is -0.154. The fourth-order valence-corrected chi connectivity index (χ4v) is 5.21. The first-order valence-corrected chi connectivity index (χ1v) is 12.4. The van der Waals surface area contributed by atoms with E-state index in [-0.39, 0.29) is 11.9 Å². The van der Waals surface area contributed by atoms with Crippen molar-refractivity contribution in [3.63, 3.8) is 0 Å². The zero-order chi connectivity index (χ0) is 24.4. The highest BCUT2D eigenvalue weighted by Crippen LogP contribution is 2.43. The Morgan fingerprint density at radius 1 is 1.09 bits per heavy atom. The molecule has 0 bridgehead atoms. The van der Waals surface area contributed by atoms with E-state index < -0.39 is 0 Å². The van der Waals surface area contributed by atoms with Gasteiger partial charge >= 0.3 is 0 Å². The highest BCUT2D eigenvalue weighted by atomic mass is 16.5. The van der Waals surface area contributed by atoms with Crippen LogP contribution in [-0.2, 0) is 17.6 Å². The Labute approximate surface area is 206 Å². The minimum Gasteiger partial charge on any atom is -0.493 e. The number of para-hydroxylation sites is 1. The molecule has 1 aromatic heterocycles. The molecule has 1 aliphatic heterocycles. The molecule has 0 spiro atoms. The number of carbonyl (C=O) groups is 1. The third-order valence-electron chi connectivity index (χ3n) is 6.86. The third-order valence-corrected chi connectivity index (χ3v) is 6.86. The first-order chi connectivity index (χ1) is 17.1. The number of aryl methyl sites for hydroxylation is 1. The normalized spacial score (nSPS) is 16.4. The van der Waals surface area contributed by atoms with Crippen LogP contribution in [0, 0.1) is 0 Å². The van der Waals surface area contributed by atoms with Crippen LogP contribution in [0.3, 0.4) is 0 Å². The molecule has 2 aromatic carbocycles. The van der Waals surface area contributed by atoms with Crippen LogP contribution in [0.4, 0.5) is 11.4 Å². The predicted octanol–water partition coefficient (Wildman–Crippen LogP) is 6.62. The molecule has 2 heterocycles. The van der Waals surface area contributed by atoms with Crippen molar-refractivity contribution in [1.82, 2.24) is 0 Å². The number of anilines is 2. The maximum absolute atomic E-state index is 13.1. The van der Waals surface area contributed by atoms with Crippen molar-refractivity contribution >= 4 is 28.9 Å². The summed E-state index contributed by atoms with van der Waals surface area (Å²) in [7, 11) is 3.19. The lowest BCUT2D eigenvalue weighted by molar-refractivity contribution is -0.110. The summed E-state index contributed by atoms with van der Waals surface area (Å²) in [5.74, 6) is 2.84.